The van der Waals surface area contributed by atoms with Crippen molar-refractivity contribution < 1.29 is 13.6 Å². The Bertz CT molecular complexity index is 203. The van der Waals surface area contributed by atoms with Gasteiger partial charge in [-0.1, -0.05) is 33.6 Å². The SMILES string of the molecule is CCCOC1CCCC[Si]1(OCCC)OCCC. The van der Waals surface area contributed by atoms with E-state index in [1.165, 1.54) is 12.8 Å². The predicted molar refractivity (Wildman–Crippen MR) is 76.9 cm³/mol. The van der Waals surface area contributed by atoms with Gasteiger partial charge in [-0.15, -0.1) is 0 Å². The van der Waals surface area contributed by atoms with Crippen LogP contribution in [0, 0.1) is 0 Å². The molecule has 1 unspecified atom stereocenters. The molecule has 1 heterocycles. The molecule has 0 spiro atoms. The highest BCUT2D eigenvalue weighted by Gasteiger charge is 2.48. The van der Waals surface area contributed by atoms with Gasteiger partial charge in [0.25, 0.3) is 0 Å². The first-order valence-electron chi connectivity index (χ1n) is 7.68. The van der Waals surface area contributed by atoms with Crippen molar-refractivity contribution in [3.05, 3.63) is 0 Å². The maximum Gasteiger partial charge on any atom is 0.368 e. The highest BCUT2D eigenvalue weighted by Crippen LogP contribution is 2.32. The van der Waals surface area contributed by atoms with Gasteiger partial charge in [-0.25, -0.2) is 0 Å². The average molecular weight is 274 g/mol. The first-order chi connectivity index (χ1) is 8.79. The third-order valence-corrected chi connectivity index (χ3v) is 7.23. The first kappa shape index (κ1) is 16.2. The molecule has 4 heteroatoms. The van der Waals surface area contributed by atoms with Gasteiger partial charge in [0, 0.05) is 19.8 Å². The van der Waals surface area contributed by atoms with E-state index in [9.17, 15) is 0 Å². The van der Waals surface area contributed by atoms with Crippen LogP contribution in [0.4, 0.5) is 0 Å². The highest BCUT2D eigenvalue weighted by atomic mass is 28.4. The van der Waals surface area contributed by atoms with Gasteiger partial charge in [-0.3, -0.25) is 0 Å². The molecule has 3 nitrogen and oxygen atoms in total. The van der Waals surface area contributed by atoms with Crippen molar-refractivity contribution in [3.8, 4) is 0 Å². The molecule has 1 rings (SSSR count). The van der Waals surface area contributed by atoms with Crippen LogP contribution >= 0.6 is 0 Å². The van der Waals surface area contributed by atoms with Crippen molar-refractivity contribution >= 4 is 8.56 Å². The minimum atomic E-state index is -2.11. The van der Waals surface area contributed by atoms with Crippen LogP contribution in [-0.2, 0) is 13.6 Å². The summed E-state index contributed by atoms with van der Waals surface area (Å²) < 4.78 is 18.5. The lowest BCUT2D eigenvalue weighted by Crippen LogP contribution is -2.56. The second-order valence-electron chi connectivity index (χ2n) is 5.11. The number of hydrogen-bond acceptors (Lipinski definition) is 3. The number of hydrogen-bond donors (Lipinski definition) is 0. The molecule has 0 aromatic carbocycles. The molecule has 1 aliphatic rings. The summed E-state index contributed by atoms with van der Waals surface area (Å²) in [5.41, 5.74) is 0.254. The number of rotatable bonds is 9. The zero-order valence-corrected chi connectivity index (χ0v) is 13.4. The van der Waals surface area contributed by atoms with Crippen molar-refractivity contribution in [2.75, 3.05) is 19.8 Å². The summed E-state index contributed by atoms with van der Waals surface area (Å²) in [4.78, 5) is 0. The zero-order valence-electron chi connectivity index (χ0n) is 12.4. The predicted octanol–water partition coefficient (Wildman–Crippen LogP) is 3.80. The van der Waals surface area contributed by atoms with Crippen molar-refractivity contribution in [2.45, 2.75) is 71.1 Å². The van der Waals surface area contributed by atoms with Gasteiger partial charge in [0.05, 0.1) is 0 Å². The molecule has 0 bridgehead atoms. The molecule has 18 heavy (non-hydrogen) atoms. The van der Waals surface area contributed by atoms with Gasteiger partial charge in [0.1, 0.15) is 5.73 Å². The van der Waals surface area contributed by atoms with E-state index in [4.69, 9.17) is 13.6 Å². The maximum atomic E-state index is 6.22. The summed E-state index contributed by atoms with van der Waals surface area (Å²) in [7, 11) is -2.11. The van der Waals surface area contributed by atoms with Gasteiger partial charge in [-0.05, 0) is 31.7 Å². The van der Waals surface area contributed by atoms with Gasteiger partial charge in [0.2, 0.25) is 0 Å². The molecule has 0 radical (unpaired) electrons. The fraction of sp³-hybridized carbons (Fsp3) is 1.00. The van der Waals surface area contributed by atoms with E-state index in [0.717, 1.165) is 51.5 Å². The van der Waals surface area contributed by atoms with Gasteiger partial charge < -0.3 is 13.6 Å². The summed E-state index contributed by atoms with van der Waals surface area (Å²) in [6, 6.07) is 1.11. The standard InChI is InChI=1S/C14H30O3Si/c1-4-10-15-14-9-7-8-13-18(14,16-11-5-2)17-12-6-3/h14H,4-13H2,1-3H3. The summed E-state index contributed by atoms with van der Waals surface area (Å²) in [6.45, 7) is 8.96. The van der Waals surface area contributed by atoms with E-state index in [-0.39, 0.29) is 5.73 Å². The summed E-state index contributed by atoms with van der Waals surface area (Å²) in [5.74, 6) is 0. The Hall–Kier alpha value is 0.0969. The third-order valence-electron chi connectivity index (χ3n) is 3.36. The molecule has 1 aliphatic heterocycles. The van der Waals surface area contributed by atoms with Crippen LogP contribution in [0.2, 0.25) is 6.04 Å². The van der Waals surface area contributed by atoms with E-state index < -0.39 is 8.56 Å². The fourth-order valence-electron chi connectivity index (χ4n) is 2.47. The highest BCUT2D eigenvalue weighted by molar-refractivity contribution is 6.69. The first-order valence-corrected chi connectivity index (χ1v) is 9.78. The minimum Gasteiger partial charge on any atom is -0.393 e. The van der Waals surface area contributed by atoms with Gasteiger partial charge >= 0.3 is 8.56 Å². The molecule has 1 saturated heterocycles. The minimum absolute atomic E-state index is 0.254. The van der Waals surface area contributed by atoms with Crippen LogP contribution in [-0.4, -0.2) is 34.1 Å². The monoisotopic (exact) mass is 274 g/mol. The van der Waals surface area contributed by atoms with Crippen molar-refractivity contribution in [2.24, 2.45) is 0 Å². The molecule has 0 amide bonds. The Kier molecular flexibility index (Phi) is 8.14. The van der Waals surface area contributed by atoms with Crippen LogP contribution in [0.15, 0.2) is 0 Å². The molecule has 108 valence electrons. The quantitative estimate of drug-likeness (QED) is 0.599. The van der Waals surface area contributed by atoms with E-state index >= 15 is 0 Å². The van der Waals surface area contributed by atoms with E-state index in [2.05, 4.69) is 20.8 Å². The molecular formula is C14H30O3Si. The Morgan fingerprint density at radius 3 is 2.06 bits per heavy atom. The van der Waals surface area contributed by atoms with Crippen molar-refractivity contribution in [1.29, 1.82) is 0 Å². The molecular weight excluding hydrogens is 244 g/mol. The molecule has 1 fully saturated rings. The fourth-order valence-corrected chi connectivity index (χ4v) is 6.40. The van der Waals surface area contributed by atoms with Gasteiger partial charge in [-0.2, -0.15) is 0 Å². The second kappa shape index (κ2) is 9.07. The Balaban J connectivity index is 2.65. The van der Waals surface area contributed by atoms with Crippen molar-refractivity contribution in [3.63, 3.8) is 0 Å². The van der Waals surface area contributed by atoms with Crippen molar-refractivity contribution in [1.82, 2.24) is 0 Å². The van der Waals surface area contributed by atoms with Crippen LogP contribution in [0.1, 0.15) is 59.3 Å². The normalized spacial score (nSPS) is 23.2. The molecule has 0 N–H and O–H groups in total. The number of ether oxygens (including phenoxy) is 1. The Labute approximate surface area is 113 Å². The summed E-state index contributed by atoms with van der Waals surface area (Å²) in [6.07, 6.45) is 6.82. The second-order valence-corrected chi connectivity index (χ2v) is 8.46. The third kappa shape index (κ3) is 4.65. The lowest BCUT2D eigenvalue weighted by atomic mass is 10.2. The lowest BCUT2D eigenvalue weighted by molar-refractivity contribution is 0.0304. The van der Waals surface area contributed by atoms with Crippen LogP contribution in [0.25, 0.3) is 0 Å². The largest absolute Gasteiger partial charge is 0.393 e. The summed E-state index contributed by atoms with van der Waals surface area (Å²) in [5, 5.41) is 0. The topological polar surface area (TPSA) is 27.7 Å². The van der Waals surface area contributed by atoms with Crippen LogP contribution in [0.5, 0.6) is 0 Å². The van der Waals surface area contributed by atoms with Gasteiger partial charge in [0.15, 0.2) is 0 Å². The van der Waals surface area contributed by atoms with Crippen LogP contribution in [0.3, 0.4) is 0 Å². The van der Waals surface area contributed by atoms with E-state index in [1.54, 1.807) is 0 Å². The zero-order chi connectivity index (χ0) is 13.3. The van der Waals surface area contributed by atoms with E-state index in [1.807, 2.05) is 0 Å². The van der Waals surface area contributed by atoms with E-state index in [0.29, 0.717) is 0 Å². The Morgan fingerprint density at radius 2 is 1.50 bits per heavy atom. The lowest BCUT2D eigenvalue weighted by Gasteiger charge is -2.40. The molecule has 0 saturated carbocycles. The van der Waals surface area contributed by atoms with Crippen LogP contribution < -0.4 is 0 Å². The molecule has 1 atom stereocenters. The molecule has 0 aliphatic carbocycles. The maximum absolute atomic E-state index is 6.22. The average Bonchev–Trinajstić information content (AvgIpc) is 2.42. The molecule has 0 aromatic rings. The smallest absolute Gasteiger partial charge is 0.368 e. The Morgan fingerprint density at radius 1 is 0.889 bits per heavy atom. The summed E-state index contributed by atoms with van der Waals surface area (Å²) >= 11 is 0. The molecule has 0 aromatic heterocycles.